The first-order valence-corrected chi connectivity index (χ1v) is 9.44. The van der Waals surface area contributed by atoms with Gasteiger partial charge < -0.3 is 10.4 Å². The van der Waals surface area contributed by atoms with Gasteiger partial charge in [-0.05, 0) is 81.2 Å². The average molecular weight is 330 g/mol. The smallest absolute Gasteiger partial charge is 0.303 e. The number of nitrogens with one attached hydrogen (secondary N) is 1. The number of benzene rings is 1. The number of carboxylic acids is 1. The molecule has 0 atom stereocenters. The number of nitrogens with zero attached hydrogens (tertiary/aromatic N) is 1. The second-order valence-corrected chi connectivity index (χ2v) is 7.42. The number of piperidine rings is 2. The molecular formula is C20H30N2O2. The molecule has 0 amide bonds. The summed E-state index contributed by atoms with van der Waals surface area (Å²) in [4.78, 5) is 13.2. The molecule has 24 heavy (non-hydrogen) atoms. The van der Waals surface area contributed by atoms with Gasteiger partial charge in [-0.3, -0.25) is 9.69 Å². The van der Waals surface area contributed by atoms with E-state index in [4.69, 9.17) is 5.11 Å². The molecule has 132 valence electrons. The summed E-state index contributed by atoms with van der Waals surface area (Å²) in [7, 11) is 0. The van der Waals surface area contributed by atoms with Gasteiger partial charge in [-0.1, -0.05) is 24.3 Å². The molecule has 2 aliphatic heterocycles. The second kappa shape index (κ2) is 8.63. The standard InChI is InChI=1S/C20H30N2O2/c23-20(24)6-3-16-9-13-22(14-10-16)15-17-1-4-18(5-2-17)19-7-11-21-12-8-19/h1-2,4-5,16,19,21H,3,6-15H2,(H,23,24). The largest absolute Gasteiger partial charge is 0.481 e. The van der Waals surface area contributed by atoms with E-state index >= 15 is 0 Å². The monoisotopic (exact) mass is 330 g/mol. The van der Waals surface area contributed by atoms with Crippen LogP contribution < -0.4 is 5.32 Å². The van der Waals surface area contributed by atoms with Gasteiger partial charge in [0.15, 0.2) is 0 Å². The summed E-state index contributed by atoms with van der Waals surface area (Å²) in [5.74, 6) is 0.663. The Bertz CT molecular complexity index is 515. The molecule has 0 radical (unpaired) electrons. The van der Waals surface area contributed by atoms with E-state index in [0.29, 0.717) is 12.3 Å². The Morgan fingerprint density at radius 3 is 2.38 bits per heavy atom. The first kappa shape index (κ1) is 17.4. The molecule has 2 heterocycles. The van der Waals surface area contributed by atoms with Crippen molar-refractivity contribution in [3.8, 4) is 0 Å². The fraction of sp³-hybridized carbons (Fsp3) is 0.650. The van der Waals surface area contributed by atoms with E-state index in [-0.39, 0.29) is 0 Å². The molecule has 2 N–H and O–H groups in total. The summed E-state index contributed by atoms with van der Waals surface area (Å²) in [5, 5.41) is 12.2. The van der Waals surface area contributed by atoms with Crippen LogP contribution in [0.3, 0.4) is 0 Å². The van der Waals surface area contributed by atoms with Crippen molar-refractivity contribution in [1.82, 2.24) is 10.2 Å². The molecule has 2 saturated heterocycles. The first-order chi connectivity index (χ1) is 11.7. The van der Waals surface area contributed by atoms with Crippen LogP contribution in [0, 0.1) is 5.92 Å². The molecule has 4 nitrogen and oxygen atoms in total. The quantitative estimate of drug-likeness (QED) is 0.841. The highest BCUT2D eigenvalue weighted by Gasteiger charge is 2.20. The molecule has 0 spiro atoms. The van der Waals surface area contributed by atoms with Crippen molar-refractivity contribution < 1.29 is 9.90 Å². The Morgan fingerprint density at radius 2 is 1.75 bits per heavy atom. The molecule has 0 aromatic heterocycles. The Hall–Kier alpha value is -1.39. The van der Waals surface area contributed by atoms with Crippen LogP contribution in [0.15, 0.2) is 24.3 Å². The Morgan fingerprint density at radius 1 is 1.08 bits per heavy atom. The zero-order chi connectivity index (χ0) is 16.8. The minimum absolute atomic E-state index is 0.322. The third kappa shape index (κ3) is 5.05. The second-order valence-electron chi connectivity index (χ2n) is 7.42. The lowest BCUT2D eigenvalue weighted by Crippen LogP contribution is -2.33. The van der Waals surface area contributed by atoms with E-state index in [1.165, 1.54) is 24.0 Å². The fourth-order valence-corrected chi connectivity index (χ4v) is 4.07. The predicted octanol–water partition coefficient (Wildman–Crippen LogP) is 3.23. The molecule has 0 aliphatic carbocycles. The van der Waals surface area contributed by atoms with Crippen LogP contribution in [0.4, 0.5) is 0 Å². The van der Waals surface area contributed by atoms with Crippen molar-refractivity contribution in [3.05, 3.63) is 35.4 Å². The minimum atomic E-state index is -0.661. The molecule has 1 aromatic rings. The zero-order valence-electron chi connectivity index (χ0n) is 14.5. The summed E-state index contributed by atoms with van der Waals surface area (Å²) in [5.41, 5.74) is 2.89. The topological polar surface area (TPSA) is 52.6 Å². The van der Waals surface area contributed by atoms with Gasteiger partial charge in [-0.2, -0.15) is 0 Å². The molecule has 2 fully saturated rings. The number of likely N-dealkylation sites (tertiary alicyclic amines) is 1. The Balaban J connectivity index is 1.44. The number of carbonyl (C=O) groups is 1. The molecule has 2 aliphatic rings. The molecule has 0 saturated carbocycles. The van der Waals surface area contributed by atoms with Crippen molar-refractivity contribution in [3.63, 3.8) is 0 Å². The van der Waals surface area contributed by atoms with E-state index in [9.17, 15) is 4.79 Å². The van der Waals surface area contributed by atoms with Crippen LogP contribution in [-0.2, 0) is 11.3 Å². The van der Waals surface area contributed by atoms with Gasteiger partial charge in [0.05, 0.1) is 0 Å². The Kier molecular flexibility index (Phi) is 6.27. The molecule has 1 aromatic carbocycles. The summed E-state index contributed by atoms with van der Waals surface area (Å²) in [6.45, 7) is 5.51. The average Bonchev–Trinajstić information content (AvgIpc) is 2.62. The summed E-state index contributed by atoms with van der Waals surface area (Å²) < 4.78 is 0. The van der Waals surface area contributed by atoms with Crippen LogP contribution in [0.2, 0.25) is 0 Å². The van der Waals surface area contributed by atoms with E-state index in [0.717, 1.165) is 57.9 Å². The highest BCUT2D eigenvalue weighted by atomic mass is 16.4. The number of hydrogen-bond acceptors (Lipinski definition) is 3. The maximum atomic E-state index is 10.7. The molecule has 3 rings (SSSR count). The summed E-state index contributed by atoms with van der Waals surface area (Å²) in [6.07, 6.45) is 5.95. The molecule has 0 bridgehead atoms. The van der Waals surface area contributed by atoms with Crippen LogP contribution >= 0.6 is 0 Å². The van der Waals surface area contributed by atoms with Crippen molar-refractivity contribution in [2.45, 2.75) is 51.0 Å². The lowest BCUT2D eigenvalue weighted by atomic mass is 9.89. The number of rotatable bonds is 6. The zero-order valence-corrected chi connectivity index (χ0v) is 14.5. The van der Waals surface area contributed by atoms with Gasteiger partial charge in [0.25, 0.3) is 0 Å². The van der Waals surface area contributed by atoms with E-state index in [2.05, 4.69) is 34.5 Å². The van der Waals surface area contributed by atoms with Crippen LogP contribution in [0.25, 0.3) is 0 Å². The number of aliphatic carboxylic acids is 1. The predicted molar refractivity (Wildman–Crippen MR) is 96.2 cm³/mol. The minimum Gasteiger partial charge on any atom is -0.481 e. The molecular weight excluding hydrogens is 300 g/mol. The SMILES string of the molecule is O=C(O)CCC1CCN(Cc2ccc(C3CCNCC3)cc2)CC1. The normalized spacial score (nSPS) is 21.0. The van der Waals surface area contributed by atoms with Crippen LogP contribution in [0.1, 0.15) is 55.6 Å². The van der Waals surface area contributed by atoms with Gasteiger partial charge in [0, 0.05) is 13.0 Å². The molecule has 4 heteroatoms. The lowest BCUT2D eigenvalue weighted by molar-refractivity contribution is -0.137. The van der Waals surface area contributed by atoms with E-state index in [1.807, 2.05) is 0 Å². The van der Waals surface area contributed by atoms with E-state index < -0.39 is 5.97 Å². The van der Waals surface area contributed by atoms with Gasteiger partial charge >= 0.3 is 5.97 Å². The Labute approximate surface area is 145 Å². The number of hydrogen-bond donors (Lipinski definition) is 2. The van der Waals surface area contributed by atoms with Crippen LogP contribution in [-0.4, -0.2) is 42.2 Å². The maximum Gasteiger partial charge on any atom is 0.303 e. The summed E-state index contributed by atoms with van der Waals surface area (Å²) >= 11 is 0. The van der Waals surface area contributed by atoms with Crippen molar-refractivity contribution in [2.24, 2.45) is 5.92 Å². The first-order valence-electron chi connectivity index (χ1n) is 9.44. The third-order valence-electron chi connectivity index (χ3n) is 5.67. The van der Waals surface area contributed by atoms with Crippen LogP contribution in [0.5, 0.6) is 0 Å². The van der Waals surface area contributed by atoms with Gasteiger partial charge in [0.1, 0.15) is 0 Å². The van der Waals surface area contributed by atoms with Crippen molar-refractivity contribution >= 4 is 5.97 Å². The van der Waals surface area contributed by atoms with E-state index in [1.54, 1.807) is 0 Å². The van der Waals surface area contributed by atoms with Gasteiger partial charge in [-0.15, -0.1) is 0 Å². The van der Waals surface area contributed by atoms with Gasteiger partial charge in [-0.25, -0.2) is 0 Å². The third-order valence-corrected chi connectivity index (χ3v) is 5.67. The highest BCUT2D eigenvalue weighted by molar-refractivity contribution is 5.66. The fourth-order valence-electron chi connectivity index (χ4n) is 4.07. The van der Waals surface area contributed by atoms with Crippen molar-refractivity contribution in [1.29, 1.82) is 0 Å². The summed E-state index contributed by atoms with van der Waals surface area (Å²) in [6, 6.07) is 9.25. The van der Waals surface area contributed by atoms with Crippen molar-refractivity contribution in [2.75, 3.05) is 26.2 Å². The lowest BCUT2D eigenvalue weighted by Gasteiger charge is -2.32. The highest BCUT2D eigenvalue weighted by Crippen LogP contribution is 2.26. The van der Waals surface area contributed by atoms with Gasteiger partial charge in [0.2, 0.25) is 0 Å². The number of carboxylic acid groups (broad SMARTS) is 1. The molecule has 0 unspecified atom stereocenters. The maximum absolute atomic E-state index is 10.7.